The van der Waals surface area contributed by atoms with Crippen LogP contribution in [0.3, 0.4) is 0 Å². The highest BCUT2D eigenvalue weighted by atomic mass is 79.9. The van der Waals surface area contributed by atoms with Gasteiger partial charge in [0.2, 0.25) is 0 Å². The number of aryl methyl sites for hydroxylation is 1. The molecule has 26 heavy (non-hydrogen) atoms. The van der Waals surface area contributed by atoms with Crippen LogP contribution in [0.1, 0.15) is 21.6 Å². The molecule has 1 amide bonds. The quantitative estimate of drug-likeness (QED) is 0.559. The van der Waals surface area contributed by atoms with Crippen LogP contribution < -0.4 is 5.32 Å². The first kappa shape index (κ1) is 16.5. The van der Waals surface area contributed by atoms with Crippen molar-refractivity contribution >= 4 is 33.0 Å². The number of fused-ring (bicyclic) bond motifs is 1. The summed E-state index contributed by atoms with van der Waals surface area (Å²) in [4.78, 5) is 12.7. The number of hydrogen-bond acceptors (Lipinski definition) is 3. The molecule has 0 unspecified atom stereocenters. The molecule has 6 nitrogen and oxygen atoms in total. The number of amides is 1. The van der Waals surface area contributed by atoms with Gasteiger partial charge in [0.1, 0.15) is 0 Å². The van der Waals surface area contributed by atoms with Gasteiger partial charge in [-0.3, -0.25) is 9.48 Å². The van der Waals surface area contributed by atoms with Crippen LogP contribution in [0, 0.1) is 0 Å². The Labute approximate surface area is 158 Å². The molecule has 0 aliphatic rings. The average Bonchev–Trinajstić information content (AvgIpc) is 3.19. The summed E-state index contributed by atoms with van der Waals surface area (Å²) < 4.78 is 4.35. The Hall–Kier alpha value is -2.93. The number of rotatable bonds is 4. The lowest BCUT2D eigenvalue weighted by molar-refractivity contribution is 0.102. The molecule has 0 fully saturated rings. The Morgan fingerprint density at radius 1 is 1.12 bits per heavy atom. The van der Waals surface area contributed by atoms with Crippen molar-refractivity contribution in [2.45, 2.75) is 6.42 Å². The molecule has 0 aliphatic heterocycles. The van der Waals surface area contributed by atoms with Gasteiger partial charge in [-0.1, -0.05) is 30.3 Å². The van der Waals surface area contributed by atoms with Gasteiger partial charge in [0.15, 0.2) is 0 Å². The number of pyridine rings is 1. The molecule has 0 saturated heterocycles. The lowest BCUT2D eigenvalue weighted by Crippen LogP contribution is -2.14. The van der Waals surface area contributed by atoms with Crippen LogP contribution in [0.15, 0.2) is 65.5 Å². The van der Waals surface area contributed by atoms with Gasteiger partial charge in [-0.25, -0.2) is 4.52 Å². The number of carbonyl (C=O) groups excluding carboxylic acids is 1. The summed E-state index contributed by atoms with van der Waals surface area (Å²) in [7, 11) is 1.88. The Bertz CT molecular complexity index is 1080. The fourth-order valence-corrected chi connectivity index (χ4v) is 3.25. The molecule has 3 aromatic heterocycles. The fraction of sp³-hybridized carbons (Fsp3) is 0.105. The number of halogens is 1. The predicted octanol–water partition coefficient (Wildman–Crippen LogP) is 3.67. The maximum absolute atomic E-state index is 12.7. The third-order valence-corrected chi connectivity index (χ3v) is 4.87. The van der Waals surface area contributed by atoms with Gasteiger partial charge in [0.25, 0.3) is 5.91 Å². The van der Waals surface area contributed by atoms with Crippen molar-refractivity contribution in [3.05, 3.63) is 82.3 Å². The van der Waals surface area contributed by atoms with E-state index in [0.29, 0.717) is 17.7 Å². The number of benzene rings is 1. The Balaban J connectivity index is 1.59. The highest BCUT2D eigenvalue weighted by Crippen LogP contribution is 2.21. The molecule has 3 heterocycles. The third-order valence-electron chi connectivity index (χ3n) is 4.26. The Morgan fingerprint density at radius 2 is 1.92 bits per heavy atom. The van der Waals surface area contributed by atoms with Crippen molar-refractivity contribution in [1.82, 2.24) is 19.4 Å². The molecule has 4 aromatic rings. The van der Waals surface area contributed by atoms with Crippen molar-refractivity contribution in [3.8, 4) is 0 Å². The summed E-state index contributed by atoms with van der Waals surface area (Å²) >= 11 is 3.43. The normalized spacial score (nSPS) is 11.0. The Morgan fingerprint density at radius 3 is 2.73 bits per heavy atom. The van der Waals surface area contributed by atoms with E-state index in [-0.39, 0.29) is 5.91 Å². The number of nitrogens with zero attached hydrogens (tertiary/aromatic N) is 4. The summed E-state index contributed by atoms with van der Waals surface area (Å²) in [5, 5.41) is 11.5. The summed E-state index contributed by atoms with van der Waals surface area (Å²) in [5.41, 5.74) is 4.26. The SMILES string of the molecule is Cn1ncc(NC(=O)c2ccc3c(Br)cnn3c2)c1Cc1ccccc1. The van der Waals surface area contributed by atoms with E-state index < -0.39 is 0 Å². The number of hydrogen-bond donors (Lipinski definition) is 1. The summed E-state index contributed by atoms with van der Waals surface area (Å²) in [6, 6.07) is 13.7. The predicted molar refractivity (Wildman–Crippen MR) is 103 cm³/mol. The van der Waals surface area contributed by atoms with Crippen LogP contribution in [-0.2, 0) is 13.5 Å². The first-order valence-corrected chi connectivity index (χ1v) is 8.90. The van der Waals surface area contributed by atoms with Crippen molar-refractivity contribution in [3.63, 3.8) is 0 Å². The van der Waals surface area contributed by atoms with Gasteiger partial charge < -0.3 is 5.32 Å². The molecule has 4 rings (SSSR count). The van der Waals surface area contributed by atoms with E-state index in [9.17, 15) is 4.79 Å². The topological polar surface area (TPSA) is 64.2 Å². The monoisotopic (exact) mass is 409 g/mol. The highest BCUT2D eigenvalue weighted by molar-refractivity contribution is 9.10. The molecular formula is C19H16BrN5O. The molecule has 0 radical (unpaired) electrons. The van der Waals surface area contributed by atoms with Gasteiger partial charge in [-0.15, -0.1) is 0 Å². The number of aromatic nitrogens is 4. The molecule has 1 N–H and O–H groups in total. The lowest BCUT2D eigenvalue weighted by Gasteiger charge is -2.08. The maximum atomic E-state index is 12.7. The largest absolute Gasteiger partial charge is 0.319 e. The van der Waals surface area contributed by atoms with Gasteiger partial charge in [0, 0.05) is 19.7 Å². The first-order chi connectivity index (χ1) is 12.6. The van der Waals surface area contributed by atoms with Crippen molar-refractivity contribution in [2.75, 3.05) is 5.32 Å². The third kappa shape index (κ3) is 3.13. The van der Waals surface area contributed by atoms with Crippen LogP contribution in [0.5, 0.6) is 0 Å². The van der Waals surface area contributed by atoms with Crippen LogP contribution in [0.25, 0.3) is 5.52 Å². The minimum atomic E-state index is -0.194. The second-order valence-electron chi connectivity index (χ2n) is 5.99. The molecular weight excluding hydrogens is 394 g/mol. The molecule has 0 saturated carbocycles. The van der Waals surface area contributed by atoms with E-state index in [1.54, 1.807) is 33.9 Å². The first-order valence-electron chi connectivity index (χ1n) is 8.11. The minimum Gasteiger partial charge on any atom is -0.319 e. The van der Waals surface area contributed by atoms with E-state index in [1.807, 2.05) is 31.3 Å². The summed E-state index contributed by atoms with van der Waals surface area (Å²) in [6.07, 6.45) is 5.79. The smallest absolute Gasteiger partial charge is 0.257 e. The molecule has 0 spiro atoms. The average molecular weight is 410 g/mol. The zero-order valence-corrected chi connectivity index (χ0v) is 15.6. The van der Waals surface area contributed by atoms with E-state index in [1.165, 1.54) is 0 Å². The summed E-state index contributed by atoms with van der Waals surface area (Å²) in [5.74, 6) is -0.194. The number of anilines is 1. The zero-order chi connectivity index (χ0) is 18.1. The van der Waals surface area contributed by atoms with E-state index in [0.717, 1.165) is 21.2 Å². The molecule has 130 valence electrons. The molecule has 0 bridgehead atoms. The van der Waals surface area contributed by atoms with Crippen molar-refractivity contribution in [1.29, 1.82) is 0 Å². The molecule has 1 aromatic carbocycles. The van der Waals surface area contributed by atoms with Crippen molar-refractivity contribution < 1.29 is 4.79 Å². The van der Waals surface area contributed by atoms with Gasteiger partial charge >= 0.3 is 0 Å². The van der Waals surface area contributed by atoms with Crippen LogP contribution in [-0.4, -0.2) is 25.3 Å². The van der Waals surface area contributed by atoms with Crippen LogP contribution in [0.2, 0.25) is 0 Å². The standard InChI is InChI=1S/C19H16BrN5O/c1-24-18(9-13-5-3-2-4-6-13)16(11-21-24)23-19(26)14-7-8-17-15(20)10-22-25(17)12-14/h2-8,10-12H,9H2,1H3,(H,23,26). The minimum absolute atomic E-state index is 0.194. The van der Waals surface area contributed by atoms with Crippen molar-refractivity contribution in [2.24, 2.45) is 7.05 Å². The van der Waals surface area contributed by atoms with Gasteiger partial charge in [0.05, 0.1) is 39.3 Å². The second kappa shape index (κ2) is 6.76. The molecule has 0 aliphatic carbocycles. The lowest BCUT2D eigenvalue weighted by atomic mass is 10.1. The van der Waals surface area contributed by atoms with Crippen LogP contribution >= 0.6 is 15.9 Å². The molecule has 7 heteroatoms. The van der Waals surface area contributed by atoms with Gasteiger partial charge in [-0.2, -0.15) is 10.2 Å². The fourth-order valence-electron chi connectivity index (χ4n) is 2.85. The second-order valence-corrected chi connectivity index (χ2v) is 6.84. The zero-order valence-electron chi connectivity index (χ0n) is 14.1. The van der Waals surface area contributed by atoms with E-state index in [4.69, 9.17) is 0 Å². The Kier molecular flexibility index (Phi) is 4.30. The summed E-state index contributed by atoms with van der Waals surface area (Å²) in [6.45, 7) is 0. The van der Waals surface area contributed by atoms with Gasteiger partial charge in [-0.05, 0) is 33.6 Å². The number of carbonyl (C=O) groups is 1. The van der Waals surface area contributed by atoms with Crippen LogP contribution in [0.4, 0.5) is 5.69 Å². The maximum Gasteiger partial charge on any atom is 0.257 e. The van der Waals surface area contributed by atoms with E-state index in [2.05, 4.69) is 43.6 Å². The number of nitrogens with one attached hydrogen (secondary N) is 1. The van der Waals surface area contributed by atoms with E-state index >= 15 is 0 Å². The molecule has 0 atom stereocenters. The highest BCUT2D eigenvalue weighted by Gasteiger charge is 2.14.